The Morgan fingerprint density at radius 3 is 2.90 bits per heavy atom. The van der Waals surface area contributed by atoms with Crippen LogP contribution in [0, 0.1) is 28.1 Å². The van der Waals surface area contributed by atoms with E-state index in [2.05, 4.69) is 11.4 Å². The molecule has 5 heteroatoms. The Hall–Kier alpha value is -1.41. The number of Topliss-reactive ketones (excluding diaryl/α,β-unsaturated/α-hetero) is 1. The van der Waals surface area contributed by atoms with Gasteiger partial charge in [0, 0.05) is 24.9 Å². The molecule has 1 aliphatic carbocycles. The van der Waals surface area contributed by atoms with E-state index in [4.69, 9.17) is 4.74 Å². The fraction of sp³-hybridized carbons (Fsp3) is 0.800. The lowest BCUT2D eigenvalue weighted by Gasteiger charge is -2.52. The van der Waals surface area contributed by atoms with Crippen molar-refractivity contribution in [3.63, 3.8) is 0 Å². The predicted molar refractivity (Wildman–Crippen MR) is 72.6 cm³/mol. The number of rotatable bonds is 2. The number of carbonyl (C=O) groups is 2. The summed E-state index contributed by atoms with van der Waals surface area (Å²) in [7, 11) is 0. The van der Waals surface area contributed by atoms with Crippen molar-refractivity contribution in [1.82, 2.24) is 5.32 Å². The first-order chi connectivity index (χ1) is 9.40. The summed E-state index contributed by atoms with van der Waals surface area (Å²) in [6.45, 7) is 6.29. The third kappa shape index (κ3) is 2.03. The Morgan fingerprint density at radius 1 is 1.60 bits per heavy atom. The maximum Gasteiger partial charge on any atom is 0.313 e. The highest BCUT2D eigenvalue weighted by Crippen LogP contribution is 2.53. The Bertz CT molecular complexity index is 470. The molecule has 20 heavy (non-hydrogen) atoms. The fourth-order valence-electron chi connectivity index (χ4n) is 3.72. The first-order valence-corrected chi connectivity index (χ1v) is 7.26. The third-order valence-electron chi connectivity index (χ3n) is 5.01. The number of nitriles is 1. The first-order valence-electron chi connectivity index (χ1n) is 7.26. The Kier molecular flexibility index (Phi) is 3.88. The van der Waals surface area contributed by atoms with E-state index in [1.54, 1.807) is 13.8 Å². The molecule has 2 rings (SSSR count). The molecule has 2 fully saturated rings. The lowest BCUT2D eigenvalue weighted by atomic mass is 9.52. The molecule has 0 unspecified atom stereocenters. The van der Waals surface area contributed by atoms with Crippen LogP contribution < -0.4 is 5.32 Å². The van der Waals surface area contributed by atoms with Crippen LogP contribution >= 0.6 is 0 Å². The van der Waals surface area contributed by atoms with Gasteiger partial charge in [-0.2, -0.15) is 5.26 Å². The van der Waals surface area contributed by atoms with Crippen molar-refractivity contribution < 1.29 is 14.3 Å². The smallest absolute Gasteiger partial charge is 0.313 e. The number of hydrogen-bond acceptors (Lipinski definition) is 5. The van der Waals surface area contributed by atoms with E-state index < -0.39 is 10.8 Å². The Morgan fingerprint density at radius 2 is 2.30 bits per heavy atom. The SMILES string of the molecule is CCOC(=O)[C@]12CCC(=O)[C@](C)(C#N)[C@@H]1C[C@H](C)NC2. The Labute approximate surface area is 119 Å². The minimum atomic E-state index is -1.08. The number of nitrogens with zero attached hydrogens (tertiary/aromatic N) is 1. The zero-order chi connectivity index (χ0) is 15.0. The molecule has 1 saturated heterocycles. The Balaban J connectivity index is 2.45. The van der Waals surface area contributed by atoms with Crippen molar-refractivity contribution >= 4 is 11.8 Å². The molecule has 1 N–H and O–H groups in total. The zero-order valence-electron chi connectivity index (χ0n) is 12.4. The van der Waals surface area contributed by atoms with E-state index in [1.165, 1.54) is 0 Å². The quantitative estimate of drug-likeness (QED) is 0.773. The molecule has 0 aromatic heterocycles. The number of ketones is 1. The largest absolute Gasteiger partial charge is 0.466 e. The van der Waals surface area contributed by atoms with Gasteiger partial charge in [-0.05, 0) is 33.6 Å². The highest BCUT2D eigenvalue weighted by atomic mass is 16.5. The molecular weight excluding hydrogens is 256 g/mol. The lowest BCUT2D eigenvalue weighted by Crippen LogP contribution is -2.62. The van der Waals surface area contributed by atoms with E-state index in [0.29, 0.717) is 26.0 Å². The number of esters is 1. The summed E-state index contributed by atoms with van der Waals surface area (Å²) < 4.78 is 5.25. The standard InChI is InChI=1S/C15H22N2O3/c1-4-20-13(19)15-6-5-12(18)14(3,8-16)11(15)7-10(2)17-9-15/h10-11,17H,4-7,9H2,1-3H3/t10-,11-,14+,15-/m0/s1. The normalized spacial score (nSPS) is 40.6. The van der Waals surface area contributed by atoms with Crippen LogP contribution in [-0.2, 0) is 14.3 Å². The molecule has 5 nitrogen and oxygen atoms in total. The van der Waals surface area contributed by atoms with Gasteiger partial charge in [-0.3, -0.25) is 9.59 Å². The minimum absolute atomic E-state index is 0.0426. The zero-order valence-corrected chi connectivity index (χ0v) is 12.4. The van der Waals surface area contributed by atoms with E-state index in [1.807, 2.05) is 6.92 Å². The van der Waals surface area contributed by atoms with Gasteiger partial charge in [0.15, 0.2) is 5.78 Å². The van der Waals surface area contributed by atoms with Crippen LogP contribution in [0.1, 0.15) is 40.0 Å². The summed E-state index contributed by atoms with van der Waals surface area (Å²) in [5.74, 6) is -0.575. The summed E-state index contributed by atoms with van der Waals surface area (Å²) >= 11 is 0. The summed E-state index contributed by atoms with van der Waals surface area (Å²) in [5.41, 5.74) is -1.82. The van der Waals surface area contributed by atoms with Crippen LogP contribution in [0.5, 0.6) is 0 Å². The summed E-state index contributed by atoms with van der Waals surface area (Å²) in [4.78, 5) is 24.7. The second-order valence-corrected chi connectivity index (χ2v) is 6.18. The first kappa shape index (κ1) is 15.0. The van der Waals surface area contributed by atoms with Gasteiger partial charge in [0.2, 0.25) is 0 Å². The number of fused-ring (bicyclic) bond motifs is 1. The summed E-state index contributed by atoms with van der Waals surface area (Å²) in [5, 5.41) is 12.8. The van der Waals surface area contributed by atoms with Crippen LogP contribution in [0.2, 0.25) is 0 Å². The second-order valence-electron chi connectivity index (χ2n) is 6.18. The van der Waals surface area contributed by atoms with Crippen molar-refractivity contribution in [2.75, 3.05) is 13.2 Å². The van der Waals surface area contributed by atoms with Crippen LogP contribution in [0.4, 0.5) is 0 Å². The highest BCUT2D eigenvalue weighted by molar-refractivity contribution is 5.92. The summed E-state index contributed by atoms with van der Waals surface area (Å²) in [6, 6.07) is 2.38. The molecule has 0 aromatic carbocycles. The lowest BCUT2D eigenvalue weighted by molar-refractivity contribution is -0.171. The van der Waals surface area contributed by atoms with Gasteiger partial charge >= 0.3 is 5.97 Å². The molecule has 1 saturated carbocycles. The van der Waals surface area contributed by atoms with Crippen molar-refractivity contribution in [3.05, 3.63) is 0 Å². The molecule has 1 heterocycles. The van der Waals surface area contributed by atoms with Crippen LogP contribution in [0.3, 0.4) is 0 Å². The van der Waals surface area contributed by atoms with Crippen molar-refractivity contribution in [2.24, 2.45) is 16.7 Å². The van der Waals surface area contributed by atoms with Gasteiger partial charge in [0.05, 0.1) is 18.1 Å². The highest BCUT2D eigenvalue weighted by Gasteiger charge is 2.61. The molecular formula is C15H22N2O3. The van der Waals surface area contributed by atoms with Gasteiger partial charge in [0.1, 0.15) is 5.41 Å². The van der Waals surface area contributed by atoms with Crippen LogP contribution in [0.15, 0.2) is 0 Å². The molecule has 2 aliphatic rings. The fourth-order valence-corrected chi connectivity index (χ4v) is 3.72. The number of carbonyl (C=O) groups excluding carboxylic acids is 2. The number of nitrogens with one attached hydrogen (secondary N) is 1. The summed E-state index contributed by atoms with van der Waals surface area (Å²) in [6.07, 6.45) is 1.40. The second kappa shape index (κ2) is 5.17. The molecule has 4 atom stereocenters. The van der Waals surface area contributed by atoms with Crippen molar-refractivity contribution in [2.45, 2.75) is 46.1 Å². The topological polar surface area (TPSA) is 79.2 Å². The van der Waals surface area contributed by atoms with E-state index in [-0.39, 0.29) is 30.1 Å². The molecule has 0 bridgehead atoms. The molecule has 0 radical (unpaired) electrons. The van der Waals surface area contributed by atoms with E-state index in [9.17, 15) is 14.9 Å². The average Bonchev–Trinajstić information content (AvgIpc) is 2.44. The average molecular weight is 278 g/mol. The van der Waals surface area contributed by atoms with Gasteiger partial charge in [-0.25, -0.2) is 0 Å². The number of hydrogen-bond donors (Lipinski definition) is 1. The predicted octanol–water partition coefficient (Wildman–Crippen LogP) is 1.43. The van der Waals surface area contributed by atoms with Gasteiger partial charge in [-0.1, -0.05) is 0 Å². The number of piperidine rings is 1. The molecule has 0 spiro atoms. The maximum absolute atomic E-state index is 12.5. The third-order valence-corrected chi connectivity index (χ3v) is 5.01. The molecule has 1 aliphatic heterocycles. The minimum Gasteiger partial charge on any atom is -0.466 e. The van der Waals surface area contributed by atoms with E-state index >= 15 is 0 Å². The van der Waals surface area contributed by atoms with Crippen molar-refractivity contribution in [1.29, 1.82) is 5.26 Å². The van der Waals surface area contributed by atoms with Crippen LogP contribution in [-0.4, -0.2) is 30.9 Å². The molecule has 110 valence electrons. The monoisotopic (exact) mass is 278 g/mol. The maximum atomic E-state index is 12.5. The molecule has 0 aromatic rings. The number of ether oxygens (including phenoxy) is 1. The van der Waals surface area contributed by atoms with Crippen molar-refractivity contribution in [3.8, 4) is 6.07 Å². The van der Waals surface area contributed by atoms with E-state index in [0.717, 1.165) is 0 Å². The van der Waals surface area contributed by atoms with Gasteiger partial charge in [-0.15, -0.1) is 0 Å². The molecule has 0 amide bonds. The van der Waals surface area contributed by atoms with Crippen LogP contribution in [0.25, 0.3) is 0 Å². The van der Waals surface area contributed by atoms with Gasteiger partial charge in [0.25, 0.3) is 0 Å². The van der Waals surface area contributed by atoms with Gasteiger partial charge < -0.3 is 10.1 Å².